The molecule has 17 heavy (non-hydrogen) atoms. The molecule has 0 atom stereocenters. The van der Waals surface area contributed by atoms with E-state index < -0.39 is 0 Å². The smallest absolute Gasteiger partial charge is 0.0739 e. The predicted octanol–water partition coefficient (Wildman–Crippen LogP) is 5.11. The first kappa shape index (κ1) is 13.3. The summed E-state index contributed by atoms with van der Waals surface area (Å²) in [5.74, 6) is 0. The van der Waals surface area contributed by atoms with Crippen molar-refractivity contribution in [1.82, 2.24) is 0 Å². The van der Waals surface area contributed by atoms with E-state index in [1.54, 1.807) is 0 Å². The molecule has 1 nitrogen and oxygen atoms in total. The number of nitrogens with zero attached hydrogens (tertiary/aromatic N) is 1. The van der Waals surface area contributed by atoms with E-state index in [0.29, 0.717) is 0 Å². The van der Waals surface area contributed by atoms with Gasteiger partial charge in [0.25, 0.3) is 0 Å². The lowest BCUT2D eigenvalue weighted by Gasteiger charge is -2.00. The van der Waals surface area contributed by atoms with Crippen molar-refractivity contribution in [3.63, 3.8) is 0 Å². The molecule has 0 aromatic heterocycles. The van der Waals surface area contributed by atoms with E-state index >= 15 is 0 Å². The van der Waals surface area contributed by atoms with Crippen LogP contribution in [0.3, 0.4) is 0 Å². The maximum absolute atomic E-state index is 4.54. The normalized spacial score (nSPS) is 8.59. The summed E-state index contributed by atoms with van der Waals surface area (Å²) in [5, 5.41) is 2.35. The Bertz CT molecular complexity index is 482. The maximum atomic E-state index is 4.54. The first-order valence-corrected chi connectivity index (χ1v) is 6.04. The lowest BCUT2D eigenvalue weighted by atomic mass is 10.1. The molecule has 2 aromatic rings. The third-order valence-corrected chi connectivity index (χ3v) is 2.24. The van der Waals surface area contributed by atoms with E-state index in [-0.39, 0.29) is 0 Å². The van der Waals surface area contributed by atoms with Gasteiger partial charge in [0.05, 0.1) is 10.8 Å². The van der Waals surface area contributed by atoms with Crippen LogP contribution < -0.4 is 0 Å². The van der Waals surface area contributed by atoms with Gasteiger partial charge in [0.2, 0.25) is 0 Å². The minimum absolute atomic E-state index is 0.838. The number of aliphatic imine (C=N–C) groups is 1. The Morgan fingerprint density at radius 2 is 1.35 bits per heavy atom. The summed E-state index contributed by atoms with van der Waals surface area (Å²) < 4.78 is 0. The first-order chi connectivity index (χ1) is 8.40. The number of hydrogen-bond donors (Lipinski definition) is 0. The van der Waals surface area contributed by atoms with Gasteiger partial charge in [-0.25, -0.2) is 0 Å². The summed E-state index contributed by atoms with van der Waals surface area (Å²) in [7, 11) is 0. The van der Waals surface area contributed by atoms with E-state index in [0.717, 1.165) is 5.69 Å². The fourth-order valence-corrected chi connectivity index (χ4v) is 1.52. The number of hydrogen-bond acceptors (Lipinski definition) is 2. The lowest BCUT2D eigenvalue weighted by Crippen LogP contribution is -1.75. The molecule has 0 aliphatic carbocycles. The van der Waals surface area contributed by atoms with Crippen molar-refractivity contribution < 1.29 is 0 Å². The van der Waals surface area contributed by atoms with E-state index in [9.17, 15) is 0 Å². The number of thiocarbonyl (C=S) groups is 1. The largest absolute Gasteiger partial charge is 0.195 e. The second kappa shape index (κ2) is 7.50. The highest BCUT2D eigenvalue weighted by molar-refractivity contribution is 7.78. The highest BCUT2D eigenvalue weighted by Crippen LogP contribution is 2.21. The van der Waals surface area contributed by atoms with Crippen LogP contribution in [-0.2, 0) is 0 Å². The molecule has 2 rings (SSSR count). The Balaban J connectivity index is 0.000000686. The van der Waals surface area contributed by atoms with Crippen LogP contribution >= 0.6 is 12.2 Å². The molecule has 0 N–H and O–H groups in total. The fourth-order valence-electron chi connectivity index (χ4n) is 1.41. The quantitative estimate of drug-likeness (QED) is 0.525. The monoisotopic (exact) mass is 241 g/mol. The van der Waals surface area contributed by atoms with Gasteiger partial charge >= 0.3 is 0 Å². The highest BCUT2D eigenvalue weighted by Gasteiger charge is 1.95. The van der Waals surface area contributed by atoms with Crippen LogP contribution in [-0.4, -0.2) is 5.16 Å². The number of isothiocyanates is 1. The van der Waals surface area contributed by atoms with Crippen molar-refractivity contribution in [2.45, 2.75) is 13.8 Å². The molecule has 0 bridgehead atoms. The zero-order valence-corrected chi connectivity index (χ0v) is 10.9. The SMILES string of the molecule is CC.S=C=Nc1ccc(-c2ccccc2)cc1. The topological polar surface area (TPSA) is 12.4 Å². The molecule has 0 saturated carbocycles. The molecule has 0 heterocycles. The van der Waals surface area contributed by atoms with Crippen molar-refractivity contribution in [1.29, 1.82) is 0 Å². The van der Waals surface area contributed by atoms with Crippen LogP contribution in [0.5, 0.6) is 0 Å². The number of benzene rings is 2. The number of rotatable bonds is 2. The van der Waals surface area contributed by atoms with Crippen molar-refractivity contribution in [3.8, 4) is 11.1 Å². The Hall–Kier alpha value is -1.76. The molecule has 2 aromatic carbocycles. The van der Waals surface area contributed by atoms with Crippen molar-refractivity contribution >= 4 is 23.1 Å². The van der Waals surface area contributed by atoms with Gasteiger partial charge in [-0.2, -0.15) is 4.99 Å². The molecular weight excluding hydrogens is 226 g/mol. The minimum atomic E-state index is 0.838. The first-order valence-electron chi connectivity index (χ1n) is 5.63. The third kappa shape index (κ3) is 3.95. The molecule has 0 radical (unpaired) electrons. The van der Waals surface area contributed by atoms with Gasteiger partial charge in [-0.15, -0.1) is 0 Å². The Morgan fingerprint density at radius 1 is 0.824 bits per heavy atom. The predicted molar refractivity (Wildman–Crippen MR) is 77.9 cm³/mol. The van der Waals surface area contributed by atoms with E-state index in [1.165, 1.54) is 11.1 Å². The summed E-state index contributed by atoms with van der Waals surface area (Å²) in [6.07, 6.45) is 0. The van der Waals surface area contributed by atoms with Crippen molar-refractivity contribution in [3.05, 3.63) is 54.6 Å². The lowest BCUT2D eigenvalue weighted by molar-refractivity contribution is 1.50. The summed E-state index contributed by atoms with van der Waals surface area (Å²) in [5.41, 5.74) is 3.22. The van der Waals surface area contributed by atoms with E-state index in [4.69, 9.17) is 0 Å². The van der Waals surface area contributed by atoms with Gasteiger partial charge < -0.3 is 0 Å². The molecule has 0 unspecified atom stereocenters. The van der Waals surface area contributed by atoms with Crippen LogP contribution in [0.2, 0.25) is 0 Å². The maximum Gasteiger partial charge on any atom is 0.0739 e. The fraction of sp³-hybridized carbons (Fsp3) is 0.133. The molecule has 0 amide bonds. The zero-order chi connectivity index (χ0) is 12.5. The summed E-state index contributed by atoms with van der Waals surface area (Å²) >= 11 is 4.54. The average molecular weight is 241 g/mol. The molecule has 0 aliphatic rings. The van der Waals surface area contributed by atoms with Crippen LogP contribution in [0, 0.1) is 0 Å². The van der Waals surface area contributed by atoms with E-state index in [1.807, 2.05) is 56.3 Å². The average Bonchev–Trinajstić information content (AvgIpc) is 2.43. The van der Waals surface area contributed by atoms with Gasteiger partial charge in [0, 0.05) is 0 Å². The Labute approximate surface area is 108 Å². The standard InChI is InChI=1S/C13H9NS.C2H6/c15-10-14-13-8-6-12(7-9-13)11-4-2-1-3-5-11;1-2/h1-9H;1-2H3. The van der Waals surface area contributed by atoms with Gasteiger partial charge in [0.1, 0.15) is 0 Å². The second-order valence-corrected chi connectivity index (χ2v) is 3.30. The van der Waals surface area contributed by atoms with E-state index in [2.05, 4.69) is 34.5 Å². The van der Waals surface area contributed by atoms with Gasteiger partial charge in [-0.1, -0.05) is 56.3 Å². The van der Waals surface area contributed by atoms with Gasteiger partial charge in [0.15, 0.2) is 0 Å². The third-order valence-electron chi connectivity index (χ3n) is 2.15. The molecule has 0 aliphatic heterocycles. The van der Waals surface area contributed by atoms with Crippen LogP contribution in [0.4, 0.5) is 5.69 Å². The van der Waals surface area contributed by atoms with Crippen LogP contribution in [0.1, 0.15) is 13.8 Å². The summed E-state index contributed by atoms with van der Waals surface area (Å²) in [6, 6.07) is 18.1. The zero-order valence-electron chi connectivity index (χ0n) is 10.1. The molecule has 2 heteroatoms. The van der Waals surface area contributed by atoms with Gasteiger partial charge in [-0.05, 0) is 35.5 Å². The molecular formula is C15H15NS. The van der Waals surface area contributed by atoms with Crippen molar-refractivity contribution in [2.24, 2.45) is 4.99 Å². The summed E-state index contributed by atoms with van der Waals surface area (Å²) in [6.45, 7) is 4.00. The van der Waals surface area contributed by atoms with Crippen LogP contribution in [0.25, 0.3) is 11.1 Å². The second-order valence-electron chi connectivity index (χ2n) is 3.12. The molecule has 0 fully saturated rings. The van der Waals surface area contributed by atoms with Crippen molar-refractivity contribution in [2.75, 3.05) is 0 Å². The van der Waals surface area contributed by atoms with Gasteiger partial charge in [-0.3, -0.25) is 0 Å². The Morgan fingerprint density at radius 3 is 1.88 bits per heavy atom. The van der Waals surface area contributed by atoms with Crippen LogP contribution in [0.15, 0.2) is 59.6 Å². The molecule has 0 saturated heterocycles. The highest BCUT2D eigenvalue weighted by atomic mass is 32.1. The molecule has 0 spiro atoms. The molecule has 86 valence electrons. The minimum Gasteiger partial charge on any atom is -0.195 e. The Kier molecular flexibility index (Phi) is 5.87. The summed E-state index contributed by atoms with van der Waals surface area (Å²) in [4.78, 5) is 3.91.